The number of nitrogens with zero attached hydrogens (tertiary/aromatic N) is 2. The molecule has 1 atom stereocenters. The van der Waals surface area contributed by atoms with Crippen LogP contribution in [0.3, 0.4) is 0 Å². The molecule has 1 aromatic rings. The zero-order chi connectivity index (χ0) is 21.9. The van der Waals surface area contributed by atoms with Gasteiger partial charge in [-0.15, -0.1) is 0 Å². The first-order valence-electron chi connectivity index (χ1n) is 10.4. The maximum Gasteiger partial charge on any atom is 0.260 e. The summed E-state index contributed by atoms with van der Waals surface area (Å²) in [6.45, 7) is 6.95. The lowest BCUT2D eigenvalue weighted by molar-refractivity contribution is 0.177. The second-order valence-corrected chi connectivity index (χ2v) is 8.78. The highest BCUT2D eigenvalue weighted by atomic mass is 19.3. The smallest absolute Gasteiger partial charge is 0.260 e. The van der Waals surface area contributed by atoms with Crippen molar-refractivity contribution >= 4 is 17.9 Å². The Morgan fingerprint density at radius 1 is 1.33 bits per heavy atom. The summed E-state index contributed by atoms with van der Waals surface area (Å²) in [5.74, 6) is 1.05. The number of anilines is 2. The molecule has 1 aliphatic heterocycles. The van der Waals surface area contributed by atoms with Crippen LogP contribution in [0, 0.1) is 11.3 Å². The zero-order valence-corrected chi connectivity index (χ0v) is 18.1. The highest BCUT2D eigenvalue weighted by Crippen LogP contribution is 2.42. The lowest BCUT2D eigenvalue weighted by Gasteiger charge is -2.37. The zero-order valence-electron chi connectivity index (χ0n) is 18.1. The quantitative estimate of drug-likeness (QED) is 0.565. The van der Waals surface area contributed by atoms with Crippen LogP contribution in [0.15, 0.2) is 52.9 Å². The molecule has 7 heteroatoms. The third-order valence-electron chi connectivity index (χ3n) is 5.32. The van der Waals surface area contributed by atoms with Crippen molar-refractivity contribution < 1.29 is 8.78 Å². The molecule has 162 valence electrons. The molecular weight excluding hydrogens is 384 g/mol. The molecule has 0 fully saturated rings. The summed E-state index contributed by atoms with van der Waals surface area (Å²) >= 11 is 0. The van der Waals surface area contributed by atoms with Gasteiger partial charge in [-0.2, -0.15) is 0 Å². The third-order valence-corrected chi connectivity index (χ3v) is 5.32. The average Bonchev–Trinajstić information content (AvgIpc) is 2.69. The van der Waals surface area contributed by atoms with Gasteiger partial charge in [-0.1, -0.05) is 6.07 Å². The standard InChI is InChI=1S/C23H31F2N5/c1-23(2,3)29-20-8-5-9-21(28-20)30-10-6-7-15-11-17(16(13-26)14-27-4)18(22(24)25)12-19(15)30/h5,8-9,12-14,17,22,26-27H,6-7,10-11H2,1-4H3,(H,28,29)/b16-14+,26-13?. The Labute approximate surface area is 177 Å². The van der Waals surface area contributed by atoms with E-state index in [4.69, 9.17) is 10.4 Å². The van der Waals surface area contributed by atoms with Gasteiger partial charge in [0.2, 0.25) is 0 Å². The van der Waals surface area contributed by atoms with E-state index in [9.17, 15) is 8.78 Å². The fourth-order valence-electron chi connectivity index (χ4n) is 4.10. The van der Waals surface area contributed by atoms with Crippen molar-refractivity contribution in [1.29, 1.82) is 5.41 Å². The van der Waals surface area contributed by atoms with E-state index >= 15 is 0 Å². The fraction of sp³-hybridized carbons (Fsp3) is 0.478. The molecular formula is C23H31F2N5. The SMILES string of the molecule is CN/C=C(\C=N)C1CC2=C(C=C1C(F)F)N(c1cccc(NC(C)(C)C)n1)CCC2. The van der Waals surface area contributed by atoms with Gasteiger partial charge < -0.3 is 20.9 Å². The highest BCUT2D eigenvalue weighted by Gasteiger charge is 2.34. The van der Waals surface area contributed by atoms with E-state index in [2.05, 4.69) is 36.3 Å². The molecule has 0 saturated carbocycles. The van der Waals surface area contributed by atoms with Crippen LogP contribution in [-0.4, -0.2) is 36.8 Å². The summed E-state index contributed by atoms with van der Waals surface area (Å²) in [6, 6.07) is 5.79. The van der Waals surface area contributed by atoms with E-state index in [1.807, 2.05) is 18.2 Å². The molecule has 1 aliphatic carbocycles. The molecule has 0 saturated heterocycles. The minimum Gasteiger partial charge on any atom is -0.394 e. The molecule has 2 heterocycles. The second kappa shape index (κ2) is 8.98. The van der Waals surface area contributed by atoms with Crippen LogP contribution < -0.4 is 15.5 Å². The fourth-order valence-corrected chi connectivity index (χ4v) is 4.10. The minimum absolute atomic E-state index is 0.0645. The van der Waals surface area contributed by atoms with Crippen LogP contribution in [0.1, 0.15) is 40.0 Å². The number of alkyl halides is 2. The Balaban J connectivity index is 1.99. The number of pyridine rings is 1. The summed E-state index contributed by atoms with van der Waals surface area (Å²) in [5.41, 5.74) is 2.50. The second-order valence-electron chi connectivity index (χ2n) is 8.78. The topological polar surface area (TPSA) is 64.0 Å². The molecule has 1 aromatic heterocycles. The average molecular weight is 416 g/mol. The summed E-state index contributed by atoms with van der Waals surface area (Å²) in [5, 5.41) is 13.9. The number of allylic oxidation sites excluding steroid dienone is 4. The van der Waals surface area contributed by atoms with E-state index in [1.54, 1.807) is 19.3 Å². The molecule has 2 aliphatic rings. The molecule has 0 bridgehead atoms. The summed E-state index contributed by atoms with van der Waals surface area (Å²) < 4.78 is 28.0. The molecule has 0 radical (unpaired) electrons. The van der Waals surface area contributed by atoms with Gasteiger partial charge in [0.15, 0.2) is 0 Å². The summed E-state index contributed by atoms with van der Waals surface area (Å²) in [4.78, 5) is 6.80. The van der Waals surface area contributed by atoms with Crippen molar-refractivity contribution in [3.05, 3.63) is 52.9 Å². The van der Waals surface area contributed by atoms with Gasteiger partial charge in [-0.05, 0) is 69.4 Å². The van der Waals surface area contributed by atoms with Crippen molar-refractivity contribution in [2.45, 2.75) is 52.0 Å². The van der Waals surface area contributed by atoms with Crippen LogP contribution in [0.2, 0.25) is 0 Å². The van der Waals surface area contributed by atoms with Crippen molar-refractivity contribution in [2.75, 3.05) is 23.8 Å². The van der Waals surface area contributed by atoms with Crippen LogP contribution >= 0.6 is 0 Å². The van der Waals surface area contributed by atoms with Gasteiger partial charge in [-0.25, -0.2) is 13.8 Å². The first-order valence-corrected chi connectivity index (χ1v) is 10.4. The lowest BCUT2D eigenvalue weighted by atomic mass is 9.78. The lowest BCUT2D eigenvalue weighted by Crippen LogP contribution is -2.33. The normalized spacial score (nSPS) is 20.1. The van der Waals surface area contributed by atoms with Crippen molar-refractivity contribution in [1.82, 2.24) is 10.3 Å². The number of halogens is 2. The van der Waals surface area contributed by atoms with Gasteiger partial charge in [0, 0.05) is 48.7 Å². The van der Waals surface area contributed by atoms with E-state index < -0.39 is 12.3 Å². The highest BCUT2D eigenvalue weighted by molar-refractivity contribution is 5.78. The third kappa shape index (κ3) is 4.89. The van der Waals surface area contributed by atoms with Gasteiger partial charge >= 0.3 is 0 Å². The maximum atomic E-state index is 14.0. The Kier molecular flexibility index (Phi) is 6.58. The number of nitrogens with one attached hydrogen (secondary N) is 3. The Hall–Kier alpha value is -2.70. The Morgan fingerprint density at radius 3 is 2.73 bits per heavy atom. The largest absolute Gasteiger partial charge is 0.394 e. The Bertz CT molecular complexity index is 880. The van der Waals surface area contributed by atoms with Gasteiger partial charge in [0.05, 0.1) is 0 Å². The molecule has 0 aromatic carbocycles. The predicted octanol–water partition coefficient (Wildman–Crippen LogP) is 5.11. The van der Waals surface area contributed by atoms with Gasteiger partial charge in [0.1, 0.15) is 11.6 Å². The first kappa shape index (κ1) is 22.0. The number of aromatic nitrogens is 1. The predicted molar refractivity (Wildman–Crippen MR) is 119 cm³/mol. The van der Waals surface area contributed by atoms with E-state index in [0.717, 1.165) is 42.3 Å². The molecule has 30 heavy (non-hydrogen) atoms. The minimum atomic E-state index is -2.57. The molecule has 3 rings (SSSR count). The van der Waals surface area contributed by atoms with E-state index in [1.165, 1.54) is 6.21 Å². The van der Waals surface area contributed by atoms with E-state index in [-0.39, 0.29) is 11.1 Å². The summed E-state index contributed by atoms with van der Waals surface area (Å²) in [7, 11) is 1.72. The number of rotatable bonds is 6. The molecule has 1 unspecified atom stereocenters. The number of hydrogen-bond donors (Lipinski definition) is 3. The maximum absolute atomic E-state index is 14.0. The molecule has 3 N–H and O–H groups in total. The van der Waals surface area contributed by atoms with Crippen molar-refractivity contribution in [2.24, 2.45) is 5.92 Å². The monoisotopic (exact) mass is 415 g/mol. The van der Waals surface area contributed by atoms with Crippen molar-refractivity contribution in [3.63, 3.8) is 0 Å². The molecule has 5 nitrogen and oxygen atoms in total. The van der Waals surface area contributed by atoms with Crippen molar-refractivity contribution in [3.8, 4) is 0 Å². The van der Waals surface area contributed by atoms with Crippen LogP contribution in [0.5, 0.6) is 0 Å². The van der Waals surface area contributed by atoms with Crippen LogP contribution in [0.25, 0.3) is 0 Å². The Morgan fingerprint density at radius 2 is 2.10 bits per heavy atom. The summed E-state index contributed by atoms with van der Waals surface area (Å²) in [6.07, 6.45) is 4.19. The molecule has 0 amide bonds. The van der Waals surface area contributed by atoms with Gasteiger partial charge in [-0.3, -0.25) is 0 Å². The first-order chi connectivity index (χ1) is 14.2. The van der Waals surface area contributed by atoms with Gasteiger partial charge in [0.25, 0.3) is 6.43 Å². The van der Waals surface area contributed by atoms with Crippen LogP contribution in [0.4, 0.5) is 20.4 Å². The van der Waals surface area contributed by atoms with E-state index in [0.29, 0.717) is 12.0 Å². The van der Waals surface area contributed by atoms with Crippen LogP contribution in [-0.2, 0) is 0 Å². The number of hydrogen-bond acceptors (Lipinski definition) is 5. The molecule has 0 spiro atoms.